The van der Waals surface area contributed by atoms with E-state index in [9.17, 15) is 9.59 Å². The number of carbonyl (C=O) groups is 2. The number of rotatable bonds is 7. The van der Waals surface area contributed by atoms with Crippen LogP contribution in [0.3, 0.4) is 0 Å². The molecule has 0 spiro atoms. The normalized spacial score (nSPS) is 11.9. The number of aliphatic carboxylic acids is 1. The summed E-state index contributed by atoms with van der Waals surface area (Å²) < 4.78 is 4.26. The first-order valence-electron chi connectivity index (χ1n) is 7.17. The Hall–Kier alpha value is -2.21. The second kappa shape index (κ2) is 7.70. The molecule has 1 atom stereocenters. The minimum Gasteiger partial charge on any atom is -0.480 e. The number of hydrogen-bond donors (Lipinski definition) is 2. The topological polar surface area (TPSA) is 79.3 Å². The number of nitrogens with zero attached hydrogens (tertiary/aromatic N) is 1. The quantitative estimate of drug-likeness (QED) is 0.821. The smallest absolute Gasteiger partial charge is 0.326 e. The van der Waals surface area contributed by atoms with Crippen molar-refractivity contribution in [3.05, 3.63) is 41.3 Å². The molecule has 6 heteroatoms. The molecule has 22 heavy (non-hydrogen) atoms. The van der Waals surface area contributed by atoms with Crippen LogP contribution in [-0.2, 0) is 4.79 Å². The maximum Gasteiger partial charge on any atom is 0.326 e. The lowest BCUT2D eigenvalue weighted by molar-refractivity contribution is -0.139. The standard InChI is InChI=1S/C16H18N2O3S/c1-2-3-9-12(16(20)21)17-15(19)14-10-13(18-22-14)11-7-5-4-6-8-11/h4-8,10,12H,2-3,9H2,1H3,(H,17,19)(H,20,21). The number of carboxylic acid groups (broad SMARTS) is 1. The second-order valence-electron chi connectivity index (χ2n) is 4.95. The summed E-state index contributed by atoms with van der Waals surface area (Å²) in [5.41, 5.74) is 1.65. The van der Waals surface area contributed by atoms with Gasteiger partial charge in [0.05, 0.1) is 5.69 Å². The van der Waals surface area contributed by atoms with Gasteiger partial charge in [0.25, 0.3) is 5.91 Å². The largest absolute Gasteiger partial charge is 0.480 e. The fraction of sp³-hybridized carbons (Fsp3) is 0.312. The Morgan fingerprint density at radius 1 is 1.32 bits per heavy atom. The lowest BCUT2D eigenvalue weighted by atomic mass is 10.1. The number of unbranched alkanes of at least 4 members (excludes halogenated alkanes) is 1. The van der Waals surface area contributed by atoms with Crippen LogP contribution in [0.4, 0.5) is 0 Å². The molecule has 2 aromatic rings. The molecule has 1 unspecified atom stereocenters. The summed E-state index contributed by atoms with van der Waals surface area (Å²) in [7, 11) is 0. The fourth-order valence-corrected chi connectivity index (χ4v) is 2.68. The molecule has 0 aliphatic carbocycles. The summed E-state index contributed by atoms with van der Waals surface area (Å²) in [6.07, 6.45) is 2.08. The molecule has 0 fully saturated rings. The molecule has 2 N–H and O–H groups in total. The maximum absolute atomic E-state index is 12.2. The van der Waals surface area contributed by atoms with Crippen molar-refractivity contribution in [2.24, 2.45) is 0 Å². The third-order valence-corrected chi connectivity index (χ3v) is 4.04. The Bertz CT molecular complexity index is 640. The zero-order valence-corrected chi connectivity index (χ0v) is 13.1. The zero-order valence-electron chi connectivity index (χ0n) is 12.3. The van der Waals surface area contributed by atoms with E-state index in [0.717, 1.165) is 35.6 Å². The first-order chi connectivity index (χ1) is 10.6. The highest BCUT2D eigenvalue weighted by atomic mass is 32.1. The van der Waals surface area contributed by atoms with Crippen LogP contribution >= 0.6 is 11.5 Å². The summed E-state index contributed by atoms with van der Waals surface area (Å²) in [5, 5.41) is 11.7. The van der Waals surface area contributed by atoms with E-state index in [-0.39, 0.29) is 5.91 Å². The number of carbonyl (C=O) groups excluding carboxylic acids is 1. The van der Waals surface area contributed by atoms with Crippen molar-refractivity contribution < 1.29 is 14.7 Å². The van der Waals surface area contributed by atoms with E-state index in [1.807, 2.05) is 37.3 Å². The highest BCUT2D eigenvalue weighted by Gasteiger charge is 2.21. The van der Waals surface area contributed by atoms with Crippen LogP contribution in [0.2, 0.25) is 0 Å². The molecule has 116 valence electrons. The van der Waals surface area contributed by atoms with Crippen LogP contribution in [0.25, 0.3) is 11.3 Å². The summed E-state index contributed by atoms with van der Waals surface area (Å²) in [6.45, 7) is 1.98. The summed E-state index contributed by atoms with van der Waals surface area (Å²) in [5.74, 6) is -1.39. The summed E-state index contributed by atoms with van der Waals surface area (Å²) >= 11 is 1.08. The van der Waals surface area contributed by atoms with Gasteiger partial charge in [0.2, 0.25) is 0 Å². The number of benzene rings is 1. The average molecular weight is 318 g/mol. The molecule has 1 aromatic carbocycles. The number of hydrogen-bond acceptors (Lipinski definition) is 4. The minimum absolute atomic E-state index is 0.386. The van der Waals surface area contributed by atoms with Crippen LogP contribution < -0.4 is 5.32 Å². The Morgan fingerprint density at radius 2 is 2.05 bits per heavy atom. The average Bonchev–Trinajstić information content (AvgIpc) is 3.02. The SMILES string of the molecule is CCCCC(NC(=O)c1cc(-c2ccccc2)ns1)C(=O)O. The lowest BCUT2D eigenvalue weighted by Gasteiger charge is -2.12. The number of aromatic nitrogens is 1. The molecule has 0 radical (unpaired) electrons. The van der Waals surface area contributed by atoms with Crippen molar-refractivity contribution in [1.82, 2.24) is 9.69 Å². The first-order valence-corrected chi connectivity index (χ1v) is 7.95. The Kier molecular flexibility index (Phi) is 5.66. The van der Waals surface area contributed by atoms with Gasteiger partial charge in [0.1, 0.15) is 10.9 Å². The van der Waals surface area contributed by atoms with Crippen molar-refractivity contribution in [3.8, 4) is 11.3 Å². The summed E-state index contributed by atoms with van der Waals surface area (Å²) in [4.78, 5) is 23.8. The van der Waals surface area contributed by atoms with Gasteiger partial charge in [-0.1, -0.05) is 50.1 Å². The van der Waals surface area contributed by atoms with Gasteiger partial charge in [-0.05, 0) is 24.0 Å². The van der Waals surface area contributed by atoms with Crippen molar-refractivity contribution in [2.75, 3.05) is 0 Å². The van der Waals surface area contributed by atoms with Crippen LogP contribution in [0, 0.1) is 0 Å². The highest BCUT2D eigenvalue weighted by Crippen LogP contribution is 2.21. The molecule has 1 aromatic heterocycles. The molecule has 0 aliphatic rings. The Morgan fingerprint density at radius 3 is 2.68 bits per heavy atom. The van der Waals surface area contributed by atoms with Crippen molar-refractivity contribution >= 4 is 23.4 Å². The fourth-order valence-electron chi connectivity index (χ4n) is 2.02. The molecular weight excluding hydrogens is 300 g/mol. The zero-order chi connectivity index (χ0) is 15.9. The van der Waals surface area contributed by atoms with E-state index >= 15 is 0 Å². The molecule has 0 saturated carbocycles. The molecule has 0 saturated heterocycles. The van der Waals surface area contributed by atoms with E-state index in [1.165, 1.54) is 0 Å². The third kappa shape index (κ3) is 4.14. The molecule has 5 nitrogen and oxygen atoms in total. The van der Waals surface area contributed by atoms with Crippen molar-refractivity contribution in [2.45, 2.75) is 32.2 Å². The maximum atomic E-state index is 12.2. The molecular formula is C16H18N2O3S. The van der Waals surface area contributed by atoms with E-state index in [4.69, 9.17) is 5.11 Å². The summed E-state index contributed by atoms with van der Waals surface area (Å²) in [6, 6.07) is 10.4. The van der Waals surface area contributed by atoms with Gasteiger partial charge in [-0.3, -0.25) is 4.79 Å². The van der Waals surface area contributed by atoms with Gasteiger partial charge < -0.3 is 10.4 Å². The molecule has 1 amide bonds. The van der Waals surface area contributed by atoms with Gasteiger partial charge >= 0.3 is 5.97 Å². The van der Waals surface area contributed by atoms with Crippen LogP contribution in [-0.4, -0.2) is 27.4 Å². The highest BCUT2D eigenvalue weighted by molar-refractivity contribution is 7.08. The van der Waals surface area contributed by atoms with Crippen molar-refractivity contribution in [1.29, 1.82) is 0 Å². The van der Waals surface area contributed by atoms with Crippen LogP contribution in [0.15, 0.2) is 36.4 Å². The van der Waals surface area contributed by atoms with E-state index in [1.54, 1.807) is 6.07 Å². The van der Waals surface area contributed by atoms with E-state index in [0.29, 0.717) is 11.3 Å². The molecule has 1 heterocycles. The van der Waals surface area contributed by atoms with Gasteiger partial charge in [-0.2, -0.15) is 4.37 Å². The van der Waals surface area contributed by atoms with Gasteiger partial charge in [0, 0.05) is 5.56 Å². The van der Waals surface area contributed by atoms with Gasteiger partial charge in [-0.25, -0.2) is 4.79 Å². The third-order valence-electron chi connectivity index (χ3n) is 3.25. The number of amides is 1. The monoisotopic (exact) mass is 318 g/mol. The predicted octanol–water partition coefficient (Wildman–Crippen LogP) is 3.18. The van der Waals surface area contributed by atoms with Crippen LogP contribution in [0.1, 0.15) is 35.9 Å². The molecule has 0 bridgehead atoms. The Balaban J connectivity index is 2.06. The van der Waals surface area contributed by atoms with E-state index < -0.39 is 12.0 Å². The van der Waals surface area contributed by atoms with Crippen LogP contribution in [0.5, 0.6) is 0 Å². The first kappa shape index (κ1) is 16.2. The minimum atomic E-state index is -1.01. The van der Waals surface area contributed by atoms with Gasteiger partial charge in [-0.15, -0.1) is 0 Å². The molecule has 0 aliphatic heterocycles. The molecule has 2 rings (SSSR count). The predicted molar refractivity (Wildman–Crippen MR) is 86.0 cm³/mol. The second-order valence-corrected chi connectivity index (χ2v) is 5.75. The van der Waals surface area contributed by atoms with E-state index in [2.05, 4.69) is 9.69 Å². The number of carboxylic acids is 1. The number of nitrogens with one attached hydrogen (secondary N) is 1. The van der Waals surface area contributed by atoms with Crippen molar-refractivity contribution in [3.63, 3.8) is 0 Å². The Labute approximate surface area is 133 Å². The lowest BCUT2D eigenvalue weighted by Crippen LogP contribution is -2.40. The van der Waals surface area contributed by atoms with Gasteiger partial charge in [0.15, 0.2) is 0 Å².